The van der Waals surface area contributed by atoms with Gasteiger partial charge < -0.3 is 24.1 Å². The molecule has 0 radical (unpaired) electrons. The third-order valence-electron chi connectivity index (χ3n) is 9.77. The van der Waals surface area contributed by atoms with Crippen LogP contribution < -0.4 is 0 Å². The molecule has 0 bridgehead atoms. The zero-order valence-corrected chi connectivity index (χ0v) is 33.3. The van der Waals surface area contributed by atoms with Gasteiger partial charge in [0.05, 0.1) is 0 Å². The zero-order valence-electron chi connectivity index (χ0n) is 33.3. The molecular formula is C42H80O8. The average molecular weight is 713 g/mol. The van der Waals surface area contributed by atoms with Crippen LogP contribution in [0.25, 0.3) is 0 Å². The summed E-state index contributed by atoms with van der Waals surface area (Å²) in [5, 5.41) is 9.23. The van der Waals surface area contributed by atoms with E-state index in [1.807, 2.05) is 0 Å². The first kappa shape index (κ1) is 48.3. The van der Waals surface area contributed by atoms with Crippen molar-refractivity contribution in [2.45, 2.75) is 213 Å². The molecule has 0 spiro atoms. The number of rotatable bonds is 37. The van der Waals surface area contributed by atoms with E-state index in [1.54, 1.807) is 0 Å². The summed E-state index contributed by atoms with van der Waals surface area (Å²) in [5.74, 6) is 0.280. The number of aliphatic hydroxyl groups is 1. The van der Waals surface area contributed by atoms with E-state index in [1.165, 1.54) is 123 Å². The number of hydrogen-bond donors (Lipinski definition) is 1. The normalized spacial score (nSPS) is 13.3. The predicted octanol–water partition coefficient (Wildman–Crippen LogP) is 10.8. The molecule has 0 aliphatic carbocycles. The molecule has 0 saturated carbocycles. The van der Waals surface area contributed by atoms with Gasteiger partial charge in [0, 0.05) is 33.0 Å². The second-order valence-corrected chi connectivity index (χ2v) is 15.1. The van der Waals surface area contributed by atoms with Gasteiger partial charge in [0.1, 0.15) is 13.2 Å². The summed E-state index contributed by atoms with van der Waals surface area (Å²) in [6.45, 7) is 8.57. The number of hydrogen-bond acceptors (Lipinski definition) is 8. The van der Waals surface area contributed by atoms with Crippen molar-refractivity contribution in [2.24, 2.45) is 11.8 Å². The molecular weight excluding hydrogens is 632 g/mol. The van der Waals surface area contributed by atoms with E-state index in [-0.39, 0.29) is 38.2 Å². The van der Waals surface area contributed by atoms with Crippen molar-refractivity contribution in [2.75, 3.05) is 26.9 Å². The molecule has 0 heterocycles. The van der Waals surface area contributed by atoms with Crippen molar-refractivity contribution >= 4 is 17.9 Å². The molecule has 0 amide bonds. The van der Waals surface area contributed by atoms with E-state index in [4.69, 9.17) is 18.9 Å². The highest BCUT2D eigenvalue weighted by Crippen LogP contribution is 2.17. The lowest BCUT2D eigenvalue weighted by molar-refractivity contribution is -0.174. The Kier molecular flexibility index (Phi) is 34.5. The first-order valence-corrected chi connectivity index (χ1v) is 20.9. The molecule has 50 heavy (non-hydrogen) atoms. The summed E-state index contributed by atoms with van der Waals surface area (Å²) in [4.78, 5) is 37.4. The van der Waals surface area contributed by atoms with E-state index >= 15 is 0 Å². The number of esters is 3. The molecule has 8 nitrogen and oxygen atoms in total. The maximum atomic E-state index is 12.6. The fraction of sp³-hybridized carbons (Fsp3) is 0.929. The zero-order chi connectivity index (χ0) is 37.1. The number of methoxy groups -OCH3 is 1. The van der Waals surface area contributed by atoms with E-state index < -0.39 is 18.2 Å². The third-order valence-corrected chi connectivity index (χ3v) is 9.77. The highest BCUT2D eigenvalue weighted by atomic mass is 16.6. The molecule has 0 aliphatic rings. The molecule has 0 rings (SSSR count). The molecule has 8 heteroatoms. The summed E-state index contributed by atoms with van der Waals surface area (Å²) in [5.41, 5.74) is 0. The maximum Gasteiger partial charge on any atom is 0.335 e. The summed E-state index contributed by atoms with van der Waals surface area (Å²) in [7, 11) is 1.36. The Morgan fingerprint density at radius 3 is 1.28 bits per heavy atom. The summed E-state index contributed by atoms with van der Waals surface area (Å²) in [6, 6.07) is 0. The first-order valence-electron chi connectivity index (χ1n) is 20.9. The van der Waals surface area contributed by atoms with Gasteiger partial charge in [0.15, 0.2) is 12.2 Å². The van der Waals surface area contributed by atoms with E-state index in [2.05, 4.69) is 27.7 Å². The number of unbranched alkanes of at least 4 members (excludes halogenated alkanes) is 19. The molecule has 0 aliphatic heterocycles. The minimum atomic E-state index is -0.946. The largest absolute Gasteiger partial charge is 0.462 e. The Bertz CT molecular complexity index is 786. The number of aliphatic hydroxyl groups excluding tert-OH is 1. The topological polar surface area (TPSA) is 108 Å². The van der Waals surface area contributed by atoms with Gasteiger partial charge in [-0.1, -0.05) is 169 Å². The van der Waals surface area contributed by atoms with Crippen LogP contribution in [-0.4, -0.2) is 62.2 Å². The van der Waals surface area contributed by atoms with Gasteiger partial charge >= 0.3 is 17.9 Å². The molecule has 0 saturated heterocycles. The van der Waals surface area contributed by atoms with E-state index in [0.29, 0.717) is 12.8 Å². The first-order chi connectivity index (χ1) is 24.2. The molecule has 0 aromatic heterocycles. The van der Waals surface area contributed by atoms with Crippen molar-refractivity contribution in [3.8, 4) is 0 Å². The summed E-state index contributed by atoms with van der Waals surface area (Å²) in [6.07, 6.45) is 28.1. The fourth-order valence-corrected chi connectivity index (χ4v) is 6.12. The molecule has 0 aromatic carbocycles. The predicted molar refractivity (Wildman–Crippen MR) is 204 cm³/mol. The Labute approximate surface area is 307 Å². The average Bonchev–Trinajstić information content (AvgIpc) is 3.10. The Hall–Kier alpha value is -1.67. The molecule has 296 valence electrons. The minimum Gasteiger partial charge on any atom is -0.462 e. The van der Waals surface area contributed by atoms with Crippen molar-refractivity contribution in [1.82, 2.24) is 0 Å². The molecule has 1 N–H and O–H groups in total. The summed E-state index contributed by atoms with van der Waals surface area (Å²) < 4.78 is 21.4. The van der Waals surface area contributed by atoms with Gasteiger partial charge in [0.25, 0.3) is 0 Å². The van der Waals surface area contributed by atoms with Crippen molar-refractivity contribution in [3.05, 3.63) is 0 Å². The van der Waals surface area contributed by atoms with Crippen LogP contribution in [0.5, 0.6) is 0 Å². The number of carbonyl (C=O) groups is 3. The maximum absolute atomic E-state index is 12.6. The smallest absolute Gasteiger partial charge is 0.335 e. The van der Waals surface area contributed by atoms with Crippen molar-refractivity contribution in [1.29, 1.82) is 0 Å². The van der Waals surface area contributed by atoms with Crippen LogP contribution in [0.4, 0.5) is 0 Å². The number of ether oxygens (including phenoxy) is 4. The van der Waals surface area contributed by atoms with Gasteiger partial charge in [-0.2, -0.15) is 0 Å². The van der Waals surface area contributed by atoms with Gasteiger partial charge in [-0.15, -0.1) is 0 Å². The highest BCUT2D eigenvalue weighted by Gasteiger charge is 2.25. The molecule has 3 atom stereocenters. The second kappa shape index (κ2) is 35.7. The van der Waals surface area contributed by atoms with Crippen LogP contribution in [-0.2, 0) is 33.3 Å². The Balaban J connectivity index is 4.18. The lowest BCUT2D eigenvalue weighted by Gasteiger charge is -2.21. The number of carbonyl (C=O) groups excluding carboxylic acids is 3. The molecule has 0 aromatic rings. The van der Waals surface area contributed by atoms with Gasteiger partial charge in [-0.25, -0.2) is 4.79 Å². The Morgan fingerprint density at radius 1 is 0.540 bits per heavy atom. The SMILES string of the molecule is CCC(C)CCCCCCCCCCCC(=O)OC[C@H](COC(=O)CCCCCCCCCCCCCCC(C)C)OC(=O)C(CCO)OC. The summed E-state index contributed by atoms with van der Waals surface area (Å²) >= 11 is 0. The van der Waals surface area contributed by atoms with Gasteiger partial charge in [0.2, 0.25) is 0 Å². The molecule has 0 fully saturated rings. The van der Waals surface area contributed by atoms with Crippen molar-refractivity contribution in [3.63, 3.8) is 0 Å². The van der Waals surface area contributed by atoms with Crippen molar-refractivity contribution < 1.29 is 38.4 Å². The fourth-order valence-electron chi connectivity index (χ4n) is 6.12. The van der Waals surface area contributed by atoms with Crippen LogP contribution >= 0.6 is 0 Å². The molecule has 2 unspecified atom stereocenters. The van der Waals surface area contributed by atoms with Crippen LogP contribution in [0.3, 0.4) is 0 Å². The van der Waals surface area contributed by atoms with E-state index in [9.17, 15) is 19.5 Å². The van der Waals surface area contributed by atoms with Crippen LogP contribution in [0, 0.1) is 11.8 Å². The van der Waals surface area contributed by atoms with E-state index in [0.717, 1.165) is 50.4 Å². The van der Waals surface area contributed by atoms with Crippen LogP contribution in [0.2, 0.25) is 0 Å². The Morgan fingerprint density at radius 2 is 0.920 bits per heavy atom. The highest BCUT2D eigenvalue weighted by molar-refractivity contribution is 5.75. The monoisotopic (exact) mass is 713 g/mol. The van der Waals surface area contributed by atoms with Gasteiger partial charge in [-0.05, 0) is 24.7 Å². The lowest BCUT2D eigenvalue weighted by atomic mass is 9.99. The standard InChI is InChI=1S/C42H80O8/c1-6-37(4)29-25-21-17-13-11-15-19-23-27-31-41(45)49-35-38(50-42(46)39(47-5)32-33-43)34-48-40(44)30-26-22-18-14-10-8-7-9-12-16-20-24-28-36(2)3/h36-39,43H,6-35H2,1-5H3/t37?,38-,39?/m0/s1. The lowest BCUT2D eigenvalue weighted by Crippen LogP contribution is -2.36. The van der Waals surface area contributed by atoms with Gasteiger partial charge in [-0.3, -0.25) is 9.59 Å². The van der Waals surface area contributed by atoms with Crippen LogP contribution in [0.1, 0.15) is 201 Å². The quantitative estimate of drug-likeness (QED) is 0.0385. The third kappa shape index (κ3) is 32.3. The van der Waals surface area contributed by atoms with Crippen LogP contribution in [0.15, 0.2) is 0 Å². The second-order valence-electron chi connectivity index (χ2n) is 15.1. The minimum absolute atomic E-state index is 0.0818.